The van der Waals surface area contributed by atoms with Crippen LogP contribution in [0.4, 0.5) is 0 Å². The normalized spacial score (nSPS) is 15.0. The maximum Gasteiger partial charge on any atom is 0.257 e. The molecule has 1 aliphatic heterocycles. The number of thiophene rings is 1. The zero-order chi connectivity index (χ0) is 17.3. The van der Waals surface area contributed by atoms with Crippen molar-refractivity contribution in [2.75, 3.05) is 26.2 Å². The molecule has 0 aliphatic carbocycles. The quantitative estimate of drug-likeness (QED) is 0.856. The highest BCUT2D eigenvalue weighted by Crippen LogP contribution is 2.18. The Labute approximate surface area is 145 Å². The van der Waals surface area contributed by atoms with E-state index < -0.39 is 0 Å². The topological polar surface area (TPSA) is 58.4 Å². The molecule has 7 heteroatoms. The van der Waals surface area contributed by atoms with Crippen LogP contribution in [0, 0.1) is 13.8 Å². The van der Waals surface area contributed by atoms with Gasteiger partial charge in [0.25, 0.3) is 11.8 Å². The number of carbonyl (C=O) groups excluding carboxylic acids is 2. The Balaban J connectivity index is 1.68. The van der Waals surface area contributed by atoms with Gasteiger partial charge in [0.2, 0.25) is 0 Å². The lowest BCUT2D eigenvalue weighted by Crippen LogP contribution is -2.50. The molecule has 1 aliphatic rings. The van der Waals surface area contributed by atoms with Crippen LogP contribution in [0.25, 0.3) is 0 Å². The van der Waals surface area contributed by atoms with E-state index in [-0.39, 0.29) is 11.8 Å². The molecule has 2 aromatic rings. The van der Waals surface area contributed by atoms with Crippen LogP contribution in [0.1, 0.15) is 39.0 Å². The molecule has 128 valence electrons. The standard InChI is InChI=1S/C17H22N4O2S/c1-4-21-13(3)15(12(2)18-21)17(23)20-8-6-19(7-9-20)16(22)14-5-10-24-11-14/h5,10-11H,4,6-9H2,1-3H3. The van der Waals surface area contributed by atoms with E-state index >= 15 is 0 Å². The average molecular weight is 346 g/mol. The fourth-order valence-electron chi connectivity index (χ4n) is 3.15. The van der Waals surface area contributed by atoms with Crippen molar-refractivity contribution in [2.45, 2.75) is 27.3 Å². The van der Waals surface area contributed by atoms with E-state index in [0.717, 1.165) is 23.5 Å². The summed E-state index contributed by atoms with van der Waals surface area (Å²) in [4.78, 5) is 28.9. The molecular weight excluding hydrogens is 324 g/mol. The number of hydrogen-bond donors (Lipinski definition) is 0. The van der Waals surface area contributed by atoms with Gasteiger partial charge >= 0.3 is 0 Å². The predicted molar refractivity (Wildman–Crippen MR) is 93.5 cm³/mol. The minimum Gasteiger partial charge on any atom is -0.335 e. The molecule has 0 aromatic carbocycles. The summed E-state index contributed by atoms with van der Waals surface area (Å²) in [5.74, 6) is 0.0712. The Morgan fingerprint density at radius 1 is 1.12 bits per heavy atom. The largest absolute Gasteiger partial charge is 0.335 e. The second-order valence-electron chi connectivity index (χ2n) is 5.96. The second-order valence-corrected chi connectivity index (χ2v) is 6.74. The molecule has 6 nitrogen and oxygen atoms in total. The molecule has 0 saturated carbocycles. The Kier molecular flexibility index (Phi) is 4.71. The summed E-state index contributed by atoms with van der Waals surface area (Å²) in [6.07, 6.45) is 0. The summed E-state index contributed by atoms with van der Waals surface area (Å²) >= 11 is 1.52. The molecule has 0 bridgehead atoms. The van der Waals surface area contributed by atoms with Crippen LogP contribution in [-0.2, 0) is 6.54 Å². The SMILES string of the molecule is CCn1nc(C)c(C(=O)N2CCN(C(=O)c3ccsc3)CC2)c1C. The van der Waals surface area contributed by atoms with Crippen molar-refractivity contribution in [3.8, 4) is 0 Å². The maximum absolute atomic E-state index is 12.8. The molecule has 0 radical (unpaired) electrons. The molecule has 0 spiro atoms. The fraction of sp³-hybridized carbons (Fsp3) is 0.471. The van der Waals surface area contributed by atoms with Crippen molar-refractivity contribution >= 4 is 23.2 Å². The first-order chi connectivity index (χ1) is 11.5. The van der Waals surface area contributed by atoms with Crippen molar-refractivity contribution < 1.29 is 9.59 Å². The number of hydrogen-bond acceptors (Lipinski definition) is 4. The van der Waals surface area contributed by atoms with Gasteiger partial charge in [-0.25, -0.2) is 0 Å². The van der Waals surface area contributed by atoms with Gasteiger partial charge in [0.15, 0.2) is 0 Å². The van der Waals surface area contributed by atoms with Gasteiger partial charge in [-0.1, -0.05) is 0 Å². The third-order valence-electron chi connectivity index (χ3n) is 4.52. The third-order valence-corrected chi connectivity index (χ3v) is 5.20. The lowest BCUT2D eigenvalue weighted by atomic mass is 10.1. The van der Waals surface area contributed by atoms with E-state index in [1.807, 2.05) is 52.1 Å². The third kappa shape index (κ3) is 2.96. The lowest BCUT2D eigenvalue weighted by molar-refractivity contribution is 0.0535. The number of carbonyl (C=O) groups is 2. The zero-order valence-electron chi connectivity index (χ0n) is 14.3. The molecule has 1 saturated heterocycles. The predicted octanol–water partition coefficient (Wildman–Crippen LogP) is 2.18. The first-order valence-electron chi connectivity index (χ1n) is 8.17. The molecule has 0 atom stereocenters. The van der Waals surface area contributed by atoms with Crippen LogP contribution < -0.4 is 0 Å². The van der Waals surface area contributed by atoms with Crippen molar-refractivity contribution in [3.05, 3.63) is 39.3 Å². The van der Waals surface area contributed by atoms with Gasteiger partial charge < -0.3 is 9.80 Å². The van der Waals surface area contributed by atoms with E-state index in [9.17, 15) is 9.59 Å². The second kappa shape index (κ2) is 6.76. The van der Waals surface area contributed by atoms with Gasteiger partial charge in [0.05, 0.1) is 16.8 Å². The number of aromatic nitrogens is 2. The van der Waals surface area contributed by atoms with Gasteiger partial charge in [0, 0.05) is 43.8 Å². The van der Waals surface area contributed by atoms with Crippen molar-refractivity contribution in [1.82, 2.24) is 19.6 Å². The van der Waals surface area contributed by atoms with Gasteiger partial charge in [-0.2, -0.15) is 16.4 Å². The van der Waals surface area contributed by atoms with Crippen LogP contribution in [0.5, 0.6) is 0 Å². The monoisotopic (exact) mass is 346 g/mol. The highest BCUT2D eigenvalue weighted by Gasteiger charge is 2.28. The highest BCUT2D eigenvalue weighted by atomic mass is 32.1. The van der Waals surface area contributed by atoms with Crippen LogP contribution in [0.3, 0.4) is 0 Å². The molecule has 0 N–H and O–H groups in total. The van der Waals surface area contributed by atoms with Crippen molar-refractivity contribution in [2.24, 2.45) is 0 Å². The average Bonchev–Trinajstić information content (AvgIpc) is 3.22. The van der Waals surface area contributed by atoms with Crippen LogP contribution in [0.15, 0.2) is 16.8 Å². The Morgan fingerprint density at radius 2 is 1.75 bits per heavy atom. The summed E-state index contributed by atoms with van der Waals surface area (Å²) in [6.45, 7) is 8.85. The first-order valence-corrected chi connectivity index (χ1v) is 9.12. The number of piperazine rings is 1. The number of aryl methyl sites for hydroxylation is 2. The summed E-state index contributed by atoms with van der Waals surface area (Å²) in [6, 6.07) is 1.84. The van der Waals surface area contributed by atoms with Crippen LogP contribution >= 0.6 is 11.3 Å². The first kappa shape index (κ1) is 16.7. The summed E-state index contributed by atoms with van der Waals surface area (Å²) in [7, 11) is 0. The molecule has 2 amide bonds. The molecule has 24 heavy (non-hydrogen) atoms. The van der Waals surface area contributed by atoms with E-state index in [2.05, 4.69) is 5.10 Å². The fourth-order valence-corrected chi connectivity index (χ4v) is 3.78. The molecule has 3 heterocycles. The summed E-state index contributed by atoms with van der Waals surface area (Å²) < 4.78 is 1.86. The summed E-state index contributed by atoms with van der Waals surface area (Å²) in [5, 5.41) is 8.20. The Morgan fingerprint density at radius 3 is 2.25 bits per heavy atom. The molecule has 3 rings (SSSR count). The molecule has 0 unspecified atom stereocenters. The van der Waals surface area contributed by atoms with Crippen molar-refractivity contribution in [3.63, 3.8) is 0 Å². The molecular formula is C17H22N4O2S. The van der Waals surface area contributed by atoms with Gasteiger partial charge in [-0.05, 0) is 32.2 Å². The highest BCUT2D eigenvalue weighted by molar-refractivity contribution is 7.08. The molecule has 2 aromatic heterocycles. The van der Waals surface area contributed by atoms with E-state index in [1.165, 1.54) is 11.3 Å². The lowest BCUT2D eigenvalue weighted by Gasteiger charge is -2.34. The summed E-state index contributed by atoms with van der Waals surface area (Å²) in [5.41, 5.74) is 3.12. The van der Waals surface area contributed by atoms with Gasteiger partial charge in [-0.15, -0.1) is 0 Å². The number of amides is 2. The minimum atomic E-state index is 0.0207. The number of rotatable bonds is 3. The van der Waals surface area contributed by atoms with Crippen LogP contribution in [-0.4, -0.2) is 57.6 Å². The Hall–Kier alpha value is -2.15. The van der Waals surface area contributed by atoms with Gasteiger partial charge in [0.1, 0.15) is 0 Å². The van der Waals surface area contributed by atoms with E-state index in [0.29, 0.717) is 31.7 Å². The Bertz CT molecular complexity index is 743. The van der Waals surface area contributed by atoms with Gasteiger partial charge in [-0.3, -0.25) is 14.3 Å². The maximum atomic E-state index is 12.8. The van der Waals surface area contributed by atoms with E-state index in [4.69, 9.17) is 0 Å². The van der Waals surface area contributed by atoms with E-state index in [1.54, 1.807) is 0 Å². The minimum absolute atomic E-state index is 0.0207. The smallest absolute Gasteiger partial charge is 0.257 e. The van der Waals surface area contributed by atoms with Crippen molar-refractivity contribution in [1.29, 1.82) is 0 Å². The molecule has 1 fully saturated rings. The van der Waals surface area contributed by atoms with Crippen LogP contribution in [0.2, 0.25) is 0 Å². The number of nitrogens with zero attached hydrogens (tertiary/aromatic N) is 4. The zero-order valence-corrected chi connectivity index (χ0v) is 15.1.